The summed E-state index contributed by atoms with van der Waals surface area (Å²) in [6.07, 6.45) is 0.630. The number of nitrogens with one attached hydrogen (secondary N) is 1. The molecular weight excluding hydrogens is 308 g/mol. The first kappa shape index (κ1) is 17.3. The molecule has 2 N–H and O–H groups in total. The van der Waals surface area contributed by atoms with Crippen LogP contribution in [0.4, 0.5) is 0 Å². The van der Waals surface area contributed by atoms with Crippen molar-refractivity contribution in [3.05, 3.63) is 53.6 Å². The van der Waals surface area contributed by atoms with Crippen LogP contribution >= 0.6 is 0 Å². The number of methoxy groups -OCH3 is 2. The lowest BCUT2D eigenvalue weighted by Gasteiger charge is -2.10. The Bertz CT molecular complexity index is 739. The highest BCUT2D eigenvalue weighted by Crippen LogP contribution is 2.28. The third-order valence-corrected chi connectivity index (χ3v) is 3.47. The Kier molecular flexibility index (Phi) is 5.78. The zero-order chi connectivity index (χ0) is 17.5. The fraction of sp³-hybridized carbons (Fsp3) is 0.222. The summed E-state index contributed by atoms with van der Waals surface area (Å²) in [5.41, 5.74) is 4.49. The Morgan fingerprint density at radius 3 is 2.25 bits per heavy atom. The molecule has 2 aromatic rings. The molecule has 2 aromatic carbocycles. The Morgan fingerprint density at radius 1 is 1.04 bits per heavy atom. The van der Waals surface area contributed by atoms with Crippen molar-refractivity contribution in [1.29, 1.82) is 0 Å². The summed E-state index contributed by atoms with van der Waals surface area (Å²) in [5, 5.41) is 13.5. The molecule has 0 atom stereocenters. The lowest BCUT2D eigenvalue weighted by atomic mass is 10.1. The largest absolute Gasteiger partial charge is 0.508 e. The van der Waals surface area contributed by atoms with Crippen LogP contribution in [0.1, 0.15) is 29.3 Å². The van der Waals surface area contributed by atoms with Gasteiger partial charge in [-0.15, -0.1) is 0 Å². The van der Waals surface area contributed by atoms with Gasteiger partial charge in [-0.25, -0.2) is 5.43 Å². The van der Waals surface area contributed by atoms with E-state index in [1.165, 1.54) is 24.3 Å². The van der Waals surface area contributed by atoms with E-state index < -0.39 is 0 Å². The van der Waals surface area contributed by atoms with Crippen LogP contribution in [0, 0.1) is 0 Å². The number of carbonyl (C=O) groups is 1. The van der Waals surface area contributed by atoms with Gasteiger partial charge in [0.15, 0.2) is 11.5 Å². The molecule has 0 spiro atoms. The monoisotopic (exact) mass is 328 g/mol. The molecule has 2 rings (SSSR count). The number of phenolic OH excluding ortho intramolecular Hbond substituents is 1. The maximum Gasteiger partial charge on any atom is 0.271 e. The Balaban J connectivity index is 2.19. The van der Waals surface area contributed by atoms with Gasteiger partial charge in [-0.1, -0.05) is 6.92 Å². The maximum absolute atomic E-state index is 12.1. The number of nitrogens with zero attached hydrogens (tertiary/aromatic N) is 1. The van der Waals surface area contributed by atoms with Crippen LogP contribution in [0.3, 0.4) is 0 Å². The molecule has 0 unspecified atom stereocenters. The molecule has 0 aliphatic rings. The molecule has 0 aromatic heterocycles. The quantitative estimate of drug-likeness (QED) is 0.631. The van der Waals surface area contributed by atoms with Gasteiger partial charge in [0, 0.05) is 11.1 Å². The Morgan fingerprint density at radius 2 is 1.67 bits per heavy atom. The average molecular weight is 328 g/mol. The highest BCUT2D eigenvalue weighted by atomic mass is 16.5. The van der Waals surface area contributed by atoms with Crippen LogP contribution in [0.5, 0.6) is 17.2 Å². The minimum atomic E-state index is -0.346. The first-order valence-corrected chi connectivity index (χ1v) is 7.47. The maximum atomic E-state index is 12.1. The van der Waals surface area contributed by atoms with E-state index in [2.05, 4.69) is 10.5 Å². The minimum Gasteiger partial charge on any atom is -0.508 e. The lowest BCUT2D eigenvalue weighted by molar-refractivity contribution is 0.0955. The molecule has 0 saturated carbocycles. The number of rotatable bonds is 6. The normalized spacial score (nSPS) is 11.0. The number of benzene rings is 2. The van der Waals surface area contributed by atoms with Gasteiger partial charge in [-0.05, 0) is 48.9 Å². The van der Waals surface area contributed by atoms with Gasteiger partial charge in [-0.2, -0.15) is 5.10 Å². The first-order chi connectivity index (χ1) is 11.6. The molecule has 126 valence electrons. The fourth-order valence-electron chi connectivity index (χ4n) is 2.16. The molecule has 0 heterocycles. The van der Waals surface area contributed by atoms with Gasteiger partial charge < -0.3 is 14.6 Å². The van der Waals surface area contributed by atoms with Gasteiger partial charge in [-0.3, -0.25) is 4.79 Å². The number of aromatic hydroxyl groups is 1. The smallest absolute Gasteiger partial charge is 0.271 e. The highest BCUT2D eigenvalue weighted by molar-refractivity contribution is 6.02. The van der Waals surface area contributed by atoms with E-state index in [0.717, 1.165) is 5.56 Å². The van der Waals surface area contributed by atoms with E-state index in [-0.39, 0.29) is 11.7 Å². The second-order valence-corrected chi connectivity index (χ2v) is 4.97. The molecular formula is C18H20N2O4. The van der Waals surface area contributed by atoms with Gasteiger partial charge in [0.25, 0.3) is 5.91 Å². The van der Waals surface area contributed by atoms with Gasteiger partial charge in [0.2, 0.25) is 0 Å². The number of ether oxygens (including phenoxy) is 2. The number of hydrazone groups is 1. The van der Waals surface area contributed by atoms with E-state index >= 15 is 0 Å². The van der Waals surface area contributed by atoms with Gasteiger partial charge >= 0.3 is 0 Å². The summed E-state index contributed by atoms with van der Waals surface area (Å²) in [5.74, 6) is 0.988. The van der Waals surface area contributed by atoms with Crippen LogP contribution in [-0.2, 0) is 0 Å². The van der Waals surface area contributed by atoms with Gasteiger partial charge in [0.1, 0.15) is 5.75 Å². The summed E-state index contributed by atoms with van der Waals surface area (Å²) in [7, 11) is 3.14. The second kappa shape index (κ2) is 8.01. The highest BCUT2D eigenvalue weighted by Gasteiger charge is 2.10. The third kappa shape index (κ3) is 4.04. The number of hydrogen-bond acceptors (Lipinski definition) is 5. The molecule has 0 aliphatic heterocycles. The molecule has 0 saturated heterocycles. The lowest BCUT2D eigenvalue weighted by Crippen LogP contribution is -2.19. The van der Waals surface area contributed by atoms with E-state index in [4.69, 9.17) is 9.47 Å². The minimum absolute atomic E-state index is 0.106. The average Bonchev–Trinajstić information content (AvgIpc) is 2.62. The van der Waals surface area contributed by atoms with Crippen molar-refractivity contribution in [2.45, 2.75) is 13.3 Å². The topological polar surface area (TPSA) is 80.2 Å². The zero-order valence-corrected chi connectivity index (χ0v) is 13.9. The fourth-order valence-corrected chi connectivity index (χ4v) is 2.16. The molecule has 0 bridgehead atoms. The molecule has 1 amide bonds. The van der Waals surface area contributed by atoms with Crippen LogP contribution < -0.4 is 14.9 Å². The van der Waals surface area contributed by atoms with Crippen molar-refractivity contribution in [3.8, 4) is 17.2 Å². The van der Waals surface area contributed by atoms with Crippen molar-refractivity contribution in [2.24, 2.45) is 5.10 Å². The molecule has 0 radical (unpaired) electrons. The van der Waals surface area contributed by atoms with Crippen molar-refractivity contribution in [2.75, 3.05) is 14.2 Å². The number of phenols is 1. The van der Waals surface area contributed by atoms with E-state index in [0.29, 0.717) is 29.2 Å². The molecule has 24 heavy (non-hydrogen) atoms. The van der Waals surface area contributed by atoms with E-state index in [1.807, 2.05) is 19.1 Å². The first-order valence-electron chi connectivity index (χ1n) is 7.47. The van der Waals surface area contributed by atoms with Crippen molar-refractivity contribution in [1.82, 2.24) is 5.43 Å². The van der Waals surface area contributed by atoms with Crippen LogP contribution in [0.25, 0.3) is 0 Å². The summed E-state index contributed by atoms with van der Waals surface area (Å²) >= 11 is 0. The predicted octanol–water partition coefficient (Wildman–Crippen LogP) is 2.95. The summed E-state index contributed by atoms with van der Waals surface area (Å²) in [6.45, 7) is 1.95. The van der Waals surface area contributed by atoms with E-state index in [1.54, 1.807) is 20.3 Å². The van der Waals surface area contributed by atoms with Crippen molar-refractivity contribution in [3.63, 3.8) is 0 Å². The number of hydrogen-bond donors (Lipinski definition) is 2. The SMILES string of the molecule is CCC(=NNC(=O)c1ccc(O)cc1)c1ccc(OC)c(OC)c1. The van der Waals surface area contributed by atoms with Gasteiger partial charge in [0.05, 0.1) is 19.9 Å². The summed E-state index contributed by atoms with van der Waals surface area (Å²) in [6, 6.07) is 11.4. The number of carbonyl (C=O) groups excluding carboxylic acids is 1. The van der Waals surface area contributed by atoms with Crippen LogP contribution in [-0.4, -0.2) is 30.9 Å². The van der Waals surface area contributed by atoms with Crippen molar-refractivity contribution < 1.29 is 19.4 Å². The predicted molar refractivity (Wildman–Crippen MR) is 91.9 cm³/mol. The van der Waals surface area contributed by atoms with Crippen molar-refractivity contribution >= 4 is 11.6 Å². The summed E-state index contributed by atoms with van der Waals surface area (Å²) < 4.78 is 10.5. The Hall–Kier alpha value is -3.02. The summed E-state index contributed by atoms with van der Waals surface area (Å²) in [4.78, 5) is 12.1. The number of amides is 1. The third-order valence-electron chi connectivity index (χ3n) is 3.47. The van der Waals surface area contributed by atoms with Crippen LogP contribution in [0.2, 0.25) is 0 Å². The Labute approximate surface area is 140 Å². The molecule has 6 heteroatoms. The van der Waals surface area contributed by atoms with Crippen LogP contribution in [0.15, 0.2) is 47.6 Å². The standard InChI is InChI=1S/C18H20N2O4/c1-4-15(13-7-10-16(23-2)17(11-13)24-3)19-20-18(22)12-5-8-14(21)9-6-12/h5-11,21H,4H2,1-3H3,(H,20,22). The zero-order valence-electron chi connectivity index (χ0n) is 13.9. The van der Waals surface area contributed by atoms with E-state index in [9.17, 15) is 9.90 Å². The molecule has 0 fully saturated rings. The second-order valence-electron chi connectivity index (χ2n) is 4.97. The molecule has 0 aliphatic carbocycles. The molecule has 6 nitrogen and oxygen atoms in total.